The van der Waals surface area contributed by atoms with Crippen LogP contribution < -0.4 is 14.2 Å². The molecular formula is C15H12BrF4NO4S. The number of methoxy groups -OCH3 is 2. The van der Waals surface area contributed by atoms with E-state index in [9.17, 15) is 26.0 Å². The fourth-order valence-electron chi connectivity index (χ4n) is 2.06. The van der Waals surface area contributed by atoms with E-state index in [4.69, 9.17) is 9.47 Å². The van der Waals surface area contributed by atoms with Crippen molar-refractivity contribution in [2.24, 2.45) is 0 Å². The molecule has 0 aliphatic rings. The third kappa shape index (κ3) is 4.21. The lowest BCUT2D eigenvalue weighted by Gasteiger charge is -2.15. The third-order valence-corrected chi connectivity index (χ3v) is 5.59. The molecule has 0 fully saturated rings. The summed E-state index contributed by atoms with van der Waals surface area (Å²) in [4.78, 5) is -0.298. The second-order valence-corrected chi connectivity index (χ2v) is 7.44. The maximum absolute atomic E-state index is 13.3. The van der Waals surface area contributed by atoms with Gasteiger partial charge in [-0.25, -0.2) is 12.8 Å². The Kier molecular flexibility index (Phi) is 5.71. The topological polar surface area (TPSA) is 64.6 Å². The summed E-state index contributed by atoms with van der Waals surface area (Å²) in [5, 5.41) is 0. The average molecular weight is 458 g/mol. The van der Waals surface area contributed by atoms with Crippen LogP contribution in [0, 0.1) is 5.82 Å². The number of ether oxygens (including phenoxy) is 2. The summed E-state index contributed by atoms with van der Waals surface area (Å²) in [7, 11) is -1.65. The van der Waals surface area contributed by atoms with E-state index in [2.05, 4.69) is 15.9 Å². The van der Waals surface area contributed by atoms with Crippen LogP contribution in [-0.4, -0.2) is 22.6 Å². The third-order valence-electron chi connectivity index (χ3n) is 3.25. The Balaban J connectivity index is 2.47. The molecule has 0 atom stereocenters. The van der Waals surface area contributed by atoms with Gasteiger partial charge in [0.05, 0.1) is 19.8 Å². The van der Waals surface area contributed by atoms with Gasteiger partial charge in [0.2, 0.25) is 0 Å². The Morgan fingerprint density at radius 1 is 1.04 bits per heavy atom. The molecule has 0 aliphatic carbocycles. The molecule has 142 valence electrons. The van der Waals surface area contributed by atoms with E-state index in [1.807, 2.05) is 4.72 Å². The number of alkyl halides is 3. The fraction of sp³-hybridized carbons (Fsp3) is 0.200. The predicted octanol–water partition coefficient (Wildman–Crippen LogP) is 4.43. The van der Waals surface area contributed by atoms with Crippen molar-refractivity contribution < 1.29 is 35.5 Å². The molecule has 0 saturated heterocycles. The van der Waals surface area contributed by atoms with E-state index in [0.717, 1.165) is 12.1 Å². The van der Waals surface area contributed by atoms with E-state index in [1.54, 1.807) is 0 Å². The van der Waals surface area contributed by atoms with Gasteiger partial charge in [0.15, 0.2) is 11.5 Å². The van der Waals surface area contributed by atoms with Crippen LogP contribution in [0.3, 0.4) is 0 Å². The van der Waals surface area contributed by atoms with Gasteiger partial charge in [-0.15, -0.1) is 0 Å². The van der Waals surface area contributed by atoms with Crippen LogP contribution in [0.1, 0.15) is 5.56 Å². The summed E-state index contributed by atoms with van der Waals surface area (Å²) < 4.78 is 88.8. The largest absolute Gasteiger partial charge is 0.493 e. The Bertz CT molecular complexity index is 932. The average Bonchev–Trinajstić information content (AvgIpc) is 2.54. The summed E-state index contributed by atoms with van der Waals surface area (Å²) in [5.41, 5.74) is -2.02. The zero-order valence-electron chi connectivity index (χ0n) is 13.3. The minimum atomic E-state index is -4.96. The lowest BCUT2D eigenvalue weighted by atomic mass is 10.2. The van der Waals surface area contributed by atoms with Crippen molar-refractivity contribution in [2.45, 2.75) is 11.1 Å². The first-order valence-electron chi connectivity index (χ1n) is 6.80. The zero-order chi connectivity index (χ0) is 19.7. The lowest BCUT2D eigenvalue weighted by Crippen LogP contribution is -2.15. The molecule has 2 rings (SSSR count). The Morgan fingerprint density at radius 2 is 1.62 bits per heavy atom. The summed E-state index contributed by atoms with van der Waals surface area (Å²) in [5.74, 6) is -1.15. The first kappa shape index (κ1) is 20.3. The Morgan fingerprint density at radius 3 is 2.15 bits per heavy atom. The molecule has 5 nitrogen and oxygen atoms in total. The molecular weight excluding hydrogens is 446 g/mol. The standard InChI is InChI=1S/C15H12BrF4NO4S/c1-24-12-6-10(16)14(7-13(12)25-2)26(22,23)21-8-3-4-11(17)9(5-8)15(18,19)20/h3-7,21H,1-2H3. The number of rotatable bonds is 5. The molecule has 1 N–H and O–H groups in total. The van der Waals surface area contributed by atoms with E-state index in [0.29, 0.717) is 12.1 Å². The predicted molar refractivity (Wildman–Crippen MR) is 89.5 cm³/mol. The van der Waals surface area contributed by atoms with Crippen LogP contribution in [0.15, 0.2) is 39.7 Å². The van der Waals surface area contributed by atoms with Gasteiger partial charge in [-0.2, -0.15) is 13.2 Å². The molecule has 0 aliphatic heterocycles. The van der Waals surface area contributed by atoms with Gasteiger partial charge in [-0.3, -0.25) is 4.72 Å². The first-order chi connectivity index (χ1) is 12.0. The van der Waals surface area contributed by atoms with Gasteiger partial charge in [0.1, 0.15) is 10.7 Å². The summed E-state index contributed by atoms with van der Waals surface area (Å²) >= 11 is 3.06. The summed E-state index contributed by atoms with van der Waals surface area (Å²) in [6, 6.07) is 4.27. The van der Waals surface area contributed by atoms with Crippen LogP contribution in [0.2, 0.25) is 0 Å². The number of hydrogen-bond donors (Lipinski definition) is 1. The van der Waals surface area contributed by atoms with Crippen LogP contribution in [-0.2, 0) is 16.2 Å². The van der Waals surface area contributed by atoms with Gasteiger partial charge in [0, 0.05) is 16.2 Å². The number of halogens is 5. The number of sulfonamides is 1. The smallest absolute Gasteiger partial charge is 0.419 e. The van der Waals surface area contributed by atoms with Gasteiger partial charge in [-0.05, 0) is 40.2 Å². The van der Waals surface area contributed by atoms with Gasteiger partial charge in [0.25, 0.3) is 10.0 Å². The van der Waals surface area contributed by atoms with Crippen LogP contribution in [0.25, 0.3) is 0 Å². The highest BCUT2D eigenvalue weighted by molar-refractivity contribution is 9.10. The molecule has 26 heavy (non-hydrogen) atoms. The molecule has 2 aromatic rings. The van der Waals surface area contributed by atoms with Gasteiger partial charge < -0.3 is 9.47 Å². The SMILES string of the molecule is COc1cc(Br)c(S(=O)(=O)Nc2ccc(F)c(C(F)(F)F)c2)cc1OC. The van der Waals surface area contributed by atoms with Crippen LogP contribution >= 0.6 is 15.9 Å². The molecule has 0 unspecified atom stereocenters. The van der Waals surface area contributed by atoms with Gasteiger partial charge in [-0.1, -0.05) is 0 Å². The highest BCUT2D eigenvalue weighted by Gasteiger charge is 2.34. The van der Waals surface area contributed by atoms with Crippen molar-refractivity contribution >= 4 is 31.6 Å². The van der Waals surface area contributed by atoms with E-state index >= 15 is 0 Å². The molecule has 0 spiro atoms. The monoisotopic (exact) mass is 457 g/mol. The van der Waals surface area contributed by atoms with Crippen molar-refractivity contribution in [1.82, 2.24) is 0 Å². The van der Waals surface area contributed by atoms with Crippen molar-refractivity contribution in [2.75, 3.05) is 18.9 Å². The molecule has 0 radical (unpaired) electrons. The molecule has 11 heteroatoms. The van der Waals surface area contributed by atoms with Crippen LogP contribution in [0.4, 0.5) is 23.2 Å². The zero-order valence-corrected chi connectivity index (χ0v) is 15.7. The van der Waals surface area contributed by atoms with E-state index in [1.165, 1.54) is 20.3 Å². The second kappa shape index (κ2) is 7.31. The highest BCUT2D eigenvalue weighted by Crippen LogP contribution is 2.37. The normalized spacial score (nSPS) is 12.0. The number of nitrogens with one attached hydrogen (secondary N) is 1. The van der Waals surface area contributed by atoms with Crippen molar-refractivity contribution in [3.8, 4) is 11.5 Å². The fourth-order valence-corrected chi connectivity index (χ4v) is 4.14. The van der Waals surface area contributed by atoms with E-state index < -0.39 is 33.3 Å². The minimum absolute atomic E-state index is 0.0980. The Labute approximate surface area is 155 Å². The summed E-state index contributed by atoms with van der Waals surface area (Å²) in [6.45, 7) is 0. The molecule has 2 aromatic carbocycles. The minimum Gasteiger partial charge on any atom is -0.493 e. The van der Waals surface area contributed by atoms with Crippen molar-refractivity contribution in [3.63, 3.8) is 0 Å². The molecule has 0 heterocycles. The molecule has 0 amide bonds. The van der Waals surface area contributed by atoms with E-state index in [-0.39, 0.29) is 20.9 Å². The van der Waals surface area contributed by atoms with Gasteiger partial charge >= 0.3 is 6.18 Å². The molecule has 0 aromatic heterocycles. The number of hydrogen-bond acceptors (Lipinski definition) is 4. The quantitative estimate of drug-likeness (QED) is 0.674. The summed E-state index contributed by atoms with van der Waals surface area (Å²) in [6.07, 6.45) is -4.96. The highest BCUT2D eigenvalue weighted by atomic mass is 79.9. The maximum Gasteiger partial charge on any atom is 0.419 e. The lowest BCUT2D eigenvalue weighted by molar-refractivity contribution is -0.139. The van der Waals surface area contributed by atoms with Crippen molar-refractivity contribution in [3.05, 3.63) is 46.2 Å². The van der Waals surface area contributed by atoms with Crippen molar-refractivity contribution in [1.29, 1.82) is 0 Å². The second-order valence-electron chi connectivity index (χ2n) is 4.94. The Hall–Kier alpha value is -2.01. The number of anilines is 1. The first-order valence-corrected chi connectivity index (χ1v) is 9.08. The molecule has 0 saturated carbocycles. The molecule has 0 bridgehead atoms. The maximum atomic E-state index is 13.3. The number of benzene rings is 2. The van der Waals surface area contributed by atoms with Crippen LogP contribution in [0.5, 0.6) is 11.5 Å².